The van der Waals surface area contributed by atoms with Crippen LogP contribution in [0.15, 0.2) is 54.6 Å². The third kappa shape index (κ3) is 5.13. The van der Waals surface area contributed by atoms with E-state index in [1.54, 1.807) is 7.11 Å². The molecule has 2 aliphatic carbocycles. The van der Waals surface area contributed by atoms with Crippen molar-refractivity contribution in [2.45, 2.75) is 81.8 Å². The standard InChI is InChI=1S/C30H40N2O3/c1-22(2)32-29(17-8-7-16-27(29)33)25-14-9-11-23(21-25)26-15-10-18-30(28(26)34,31-19-20-35-3)24-12-5-4-6-13-24/h4-6,9,11-14,21-22,26,31-32H,7-8,10,15-20H2,1-3H3/t26?,29-,30+/m0/s1. The van der Waals surface area contributed by atoms with Gasteiger partial charge in [-0.25, -0.2) is 0 Å². The number of nitrogens with one attached hydrogen (secondary N) is 2. The zero-order chi connectivity index (χ0) is 24.9. The monoisotopic (exact) mass is 476 g/mol. The lowest BCUT2D eigenvalue weighted by atomic mass is 9.68. The molecular formula is C30H40N2O3. The molecule has 2 aromatic rings. The van der Waals surface area contributed by atoms with E-state index >= 15 is 0 Å². The molecule has 2 saturated carbocycles. The third-order valence-electron chi connectivity index (χ3n) is 7.78. The summed E-state index contributed by atoms with van der Waals surface area (Å²) in [6.07, 6.45) is 5.93. The Labute approximate surface area is 210 Å². The fraction of sp³-hybridized carbons (Fsp3) is 0.533. The molecule has 1 unspecified atom stereocenters. The van der Waals surface area contributed by atoms with Crippen LogP contribution in [-0.2, 0) is 25.4 Å². The van der Waals surface area contributed by atoms with Crippen molar-refractivity contribution in [1.29, 1.82) is 0 Å². The molecule has 2 aromatic carbocycles. The number of Topliss-reactive ketones (excluding diaryl/α,β-unsaturated/α-hetero) is 2. The van der Waals surface area contributed by atoms with Crippen LogP contribution in [0.1, 0.15) is 81.4 Å². The molecular weight excluding hydrogens is 436 g/mol. The molecule has 0 amide bonds. The highest BCUT2D eigenvalue weighted by Gasteiger charge is 2.47. The number of hydrogen-bond donors (Lipinski definition) is 2. The van der Waals surface area contributed by atoms with E-state index in [2.05, 4.69) is 54.8 Å². The van der Waals surface area contributed by atoms with Crippen LogP contribution in [0.5, 0.6) is 0 Å². The number of carbonyl (C=O) groups is 2. The number of rotatable bonds is 9. The summed E-state index contributed by atoms with van der Waals surface area (Å²) in [7, 11) is 1.68. The molecule has 0 spiro atoms. The molecule has 35 heavy (non-hydrogen) atoms. The molecule has 0 heterocycles. The van der Waals surface area contributed by atoms with Gasteiger partial charge in [-0.2, -0.15) is 0 Å². The zero-order valence-corrected chi connectivity index (χ0v) is 21.4. The smallest absolute Gasteiger partial charge is 0.164 e. The van der Waals surface area contributed by atoms with E-state index in [0.717, 1.165) is 55.2 Å². The molecule has 0 aromatic heterocycles. The van der Waals surface area contributed by atoms with E-state index in [9.17, 15) is 9.59 Å². The van der Waals surface area contributed by atoms with Crippen LogP contribution in [-0.4, -0.2) is 37.9 Å². The van der Waals surface area contributed by atoms with E-state index in [1.807, 2.05) is 24.3 Å². The summed E-state index contributed by atoms with van der Waals surface area (Å²) < 4.78 is 5.28. The van der Waals surface area contributed by atoms with Crippen LogP contribution >= 0.6 is 0 Å². The predicted octanol–water partition coefficient (Wildman–Crippen LogP) is 4.99. The van der Waals surface area contributed by atoms with Crippen LogP contribution in [0, 0.1) is 0 Å². The quantitative estimate of drug-likeness (QED) is 0.499. The maximum Gasteiger partial charge on any atom is 0.164 e. The van der Waals surface area contributed by atoms with Crippen LogP contribution in [0.2, 0.25) is 0 Å². The predicted molar refractivity (Wildman–Crippen MR) is 139 cm³/mol. The van der Waals surface area contributed by atoms with E-state index in [0.29, 0.717) is 19.6 Å². The lowest BCUT2D eigenvalue weighted by molar-refractivity contribution is -0.130. The lowest BCUT2D eigenvalue weighted by Gasteiger charge is -2.42. The minimum Gasteiger partial charge on any atom is -0.383 e. The Balaban J connectivity index is 1.71. The highest BCUT2D eigenvalue weighted by molar-refractivity contribution is 5.96. The summed E-state index contributed by atoms with van der Waals surface area (Å²) in [4.78, 5) is 27.6. The highest BCUT2D eigenvalue weighted by atomic mass is 16.5. The highest BCUT2D eigenvalue weighted by Crippen LogP contribution is 2.43. The Kier molecular flexibility index (Phi) is 8.20. The maximum atomic E-state index is 14.3. The molecule has 2 N–H and O–H groups in total. The fourth-order valence-electron chi connectivity index (χ4n) is 6.18. The number of ether oxygens (including phenoxy) is 1. The second kappa shape index (κ2) is 11.2. The molecule has 3 atom stereocenters. The van der Waals surface area contributed by atoms with Crippen molar-refractivity contribution >= 4 is 11.6 Å². The van der Waals surface area contributed by atoms with Crippen molar-refractivity contribution in [2.24, 2.45) is 0 Å². The van der Waals surface area contributed by atoms with Gasteiger partial charge in [0.2, 0.25) is 0 Å². The van der Waals surface area contributed by atoms with E-state index in [4.69, 9.17) is 4.74 Å². The molecule has 5 nitrogen and oxygen atoms in total. The van der Waals surface area contributed by atoms with Crippen molar-refractivity contribution in [2.75, 3.05) is 20.3 Å². The summed E-state index contributed by atoms with van der Waals surface area (Å²) in [5, 5.41) is 7.20. The van der Waals surface area contributed by atoms with Gasteiger partial charge < -0.3 is 4.74 Å². The Bertz CT molecular complexity index is 1020. The Hall–Kier alpha value is -2.34. The Morgan fingerprint density at radius 3 is 2.40 bits per heavy atom. The van der Waals surface area contributed by atoms with Crippen LogP contribution in [0.4, 0.5) is 0 Å². The molecule has 5 heteroatoms. The first-order chi connectivity index (χ1) is 16.9. The van der Waals surface area contributed by atoms with Gasteiger partial charge in [0.15, 0.2) is 11.6 Å². The van der Waals surface area contributed by atoms with Gasteiger partial charge in [-0.15, -0.1) is 0 Å². The maximum absolute atomic E-state index is 14.3. The second-order valence-corrected chi connectivity index (χ2v) is 10.5. The van der Waals surface area contributed by atoms with Gasteiger partial charge in [0, 0.05) is 32.0 Å². The van der Waals surface area contributed by atoms with Crippen molar-refractivity contribution in [3.63, 3.8) is 0 Å². The largest absolute Gasteiger partial charge is 0.383 e. The summed E-state index contributed by atoms with van der Waals surface area (Å²) in [6.45, 7) is 5.35. The molecule has 2 aliphatic rings. The number of benzene rings is 2. The van der Waals surface area contributed by atoms with Crippen molar-refractivity contribution in [3.8, 4) is 0 Å². The van der Waals surface area contributed by atoms with Crippen molar-refractivity contribution in [1.82, 2.24) is 10.6 Å². The van der Waals surface area contributed by atoms with Gasteiger partial charge in [-0.1, -0.05) is 61.0 Å². The topological polar surface area (TPSA) is 67.4 Å². The summed E-state index contributed by atoms with van der Waals surface area (Å²) >= 11 is 0. The van der Waals surface area contributed by atoms with E-state index < -0.39 is 11.1 Å². The normalized spacial score (nSPS) is 27.4. The molecule has 188 valence electrons. The molecule has 4 rings (SSSR count). The average Bonchev–Trinajstić information content (AvgIpc) is 2.87. The van der Waals surface area contributed by atoms with Crippen molar-refractivity contribution < 1.29 is 14.3 Å². The van der Waals surface area contributed by atoms with Gasteiger partial charge in [0.1, 0.15) is 11.1 Å². The van der Waals surface area contributed by atoms with E-state index in [1.165, 1.54) is 0 Å². The first-order valence-electron chi connectivity index (χ1n) is 13.2. The number of hydrogen-bond acceptors (Lipinski definition) is 5. The summed E-state index contributed by atoms with van der Waals surface area (Å²) in [5.74, 6) is 0.266. The molecule has 0 aliphatic heterocycles. The van der Waals surface area contributed by atoms with E-state index in [-0.39, 0.29) is 23.5 Å². The summed E-state index contributed by atoms with van der Waals surface area (Å²) in [6, 6.07) is 18.6. The Morgan fingerprint density at radius 2 is 1.69 bits per heavy atom. The first-order valence-corrected chi connectivity index (χ1v) is 13.2. The van der Waals surface area contributed by atoms with Crippen LogP contribution in [0.25, 0.3) is 0 Å². The van der Waals surface area contributed by atoms with Gasteiger partial charge >= 0.3 is 0 Å². The average molecular weight is 477 g/mol. The lowest BCUT2D eigenvalue weighted by Crippen LogP contribution is -2.54. The van der Waals surface area contributed by atoms with Gasteiger partial charge in [-0.3, -0.25) is 20.2 Å². The van der Waals surface area contributed by atoms with Crippen molar-refractivity contribution in [3.05, 3.63) is 71.3 Å². The van der Waals surface area contributed by atoms with Gasteiger partial charge in [0.25, 0.3) is 0 Å². The zero-order valence-electron chi connectivity index (χ0n) is 21.4. The SMILES string of the molecule is COCCN[C@@]1(c2ccccc2)CCCC(c2cccc([C@@]3(NC(C)C)CCCCC3=O)c2)C1=O. The second-order valence-electron chi connectivity index (χ2n) is 10.5. The van der Waals surface area contributed by atoms with Crippen LogP contribution < -0.4 is 10.6 Å². The fourth-order valence-corrected chi connectivity index (χ4v) is 6.18. The number of ketones is 2. The molecule has 0 saturated heterocycles. The van der Waals surface area contributed by atoms with Gasteiger partial charge in [-0.05, 0) is 62.6 Å². The van der Waals surface area contributed by atoms with Crippen LogP contribution in [0.3, 0.4) is 0 Å². The summed E-state index contributed by atoms with van der Waals surface area (Å²) in [5.41, 5.74) is 1.65. The minimum atomic E-state index is -0.729. The Morgan fingerprint density at radius 1 is 0.943 bits per heavy atom. The molecule has 0 bridgehead atoms. The molecule has 0 radical (unpaired) electrons. The minimum absolute atomic E-state index is 0.188. The number of methoxy groups -OCH3 is 1. The third-order valence-corrected chi connectivity index (χ3v) is 7.78. The number of carbonyl (C=O) groups excluding carboxylic acids is 2. The molecule has 2 fully saturated rings. The first kappa shape index (κ1) is 25.7. The van der Waals surface area contributed by atoms with Gasteiger partial charge in [0.05, 0.1) is 6.61 Å².